The summed E-state index contributed by atoms with van der Waals surface area (Å²) >= 11 is 0. The molecule has 1 atom stereocenters. The molecule has 10 heteroatoms. The van der Waals surface area contributed by atoms with Gasteiger partial charge < -0.3 is 25.2 Å². The molecule has 0 aliphatic heterocycles. The normalized spacial score (nSPS) is 12.3. The van der Waals surface area contributed by atoms with E-state index >= 15 is 0 Å². The van der Waals surface area contributed by atoms with Crippen LogP contribution in [0.1, 0.15) is 6.92 Å². The molecule has 0 saturated carbocycles. The number of aliphatic carboxylic acids is 1. The fourth-order valence-corrected chi connectivity index (χ4v) is 3.92. The highest BCUT2D eigenvalue weighted by Gasteiger charge is 2.52. The first-order chi connectivity index (χ1) is 18.8. The summed E-state index contributed by atoms with van der Waals surface area (Å²) in [6.45, 7) is -0.0979. The number of carboxylic acid groups (broad SMARTS) is 1. The number of rotatable bonds is 11. The molecular weight excluding hydrogens is 504 g/mol. The fourth-order valence-electron chi connectivity index (χ4n) is 3.92. The summed E-state index contributed by atoms with van der Waals surface area (Å²) in [6.07, 6.45) is 0. The lowest BCUT2D eigenvalue weighted by Gasteiger charge is -2.23. The van der Waals surface area contributed by atoms with Gasteiger partial charge in [0.1, 0.15) is 29.6 Å². The number of anilines is 2. The van der Waals surface area contributed by atoms with Crippen LogP contribution in [0.5, 0.6) is 23.0 Å². The van der Waals surface area contributed by atoms with Crippen LogP contribution in [0, 0.1) is 5.41 Å². The van der Waals surface area contributed by atoms with Crippen LogP contribution in [0.4, 0.5) is 11.4 Å². The Labute approximate surface area is 223 Å². The zero-order valence-corrected chi connectivity index (χ0v) is 21.1. The Bertz CT molecular complexity index is 1490. The molecule has 0 spiro atoms. The smallest absolute Gasteiger partial charge is 0.329 e. The lowest BCUT2D eigenvalue weighted by atomic mass is 9.83. The van der Waals surface area contributed by atoms with Crippen molar-refractivity contribution in [3.63, 3.8) is 0 Å². The summed E-state index contributed by atoms with van der Waals surface area (Å²) in [5, 5.41) is 25.5. The fraction of sp³-hybridized carbons (Fsp3) is 0.138. The molecule has 0 aliphatic carbocycles. The largest absolute Gasteiger partial charge is 0.480 e. The molecule has 39 heavy (non-hydrogen) atoms. The van der Waals surface area contributed by atoms with Crippen molar-refractivity contribution >= 4 is 39.8 Å². The molecule has 0 bridgehead atoms. The van der Waals surface area contributed by atoms with E-state index in [2.05, 4.69) is 15.5 Å². The minimum Gasteiger partial charge on any atom is -0.480 e. The van der Waals surface area contributed by atoms with Gasteiger partial charge in [0.25, 0.3) is 5.91 Å². The van der Waals surface area contributed by atoms with Gasteiger partial charge in [0.05, 0.1) is 0 Å². The highest BCUT2D eigenvalue weighted by molar-refractivity contribution is 6.24. The highest BCUT2D eigenvalue weighted by Crippen LogP contribution is 2.36. The van der Waals surface area contributed by atoms with E-state index in [-0.39, 0.29) is 5.69 Å². The van der Waals surface area contributed by atoms with Gasteiger partial charge >= 0.3 is 5.97 Å². The van der Waals surface area contributed by atoms with E-state index < -0.39 is 29.7 Å². The summed E-state index contributed by atoms with van der Waals surface area (Å²) in [4.78, 5) is 40.2. The van der Waals surface area contributed by atoms with Gasteiger partial charge in [-0.3, -0.25) is 19.6 Å². The lowest BCUT2D eigenvalue weighted by Crippen LogP contribution is -2.51. The van der Waals surface area contributed by atoms with Gasteiger partial charge in [-0.25, -0.2) is 4.89 Å². The van der Waals surface area contributed by atoms with Crippen molar-refractivity contribution in [3.8, 4) is 23.0 Å². The van der Waals surface area contributed by atoms with Gasteiger partial charge in [0.15, 0.2) is 5.78 Å². The first-order valence-corrected chi connectivity index (χ1v) is 11.9. The molecule has 4 rings (SSSR count). The molecule has 10 nitrogen and oxygen atoms in total. The van der Waals surface area contributed by atoms with Crippen molar-refractivity contribution in [2.45, 2.75) is 6.92 Å². The number of ether oxygens (including phenoxy) is 2. The second kappa shape index (κ2) is 11.6. The van der Waals surface area contributed by atoms with Crippen LogP contribution in [0.2, 0.25) is 0 Å². The predicted octanol–water partition coefficient (Wildman–Crippen LogP) is 5.55. The van der Waals surface area contributed by atoms with E-state index in [1.165, 1.54) is 12.1 Å². The van der Waals surface area contributed by atoms with E-state index in [9.17, 15) is 19.5 Å². The minimum atomic E-state index is -2.60. The average Bonchev–Trinajstić information content (AvgIpc) is 2.92. The van der Waals surface area contributed by atoms with E-state index in [0.717, 1.165) is 23.4 Å². The topological polar surface area (TPSA) is 143 Å². The van der Waals surface area contributed by atoms with E-state index in [1.807, 2.05) is 61.6 Å². The molecule has 4 aromatic carbocycles. The summed E-state index contributed by atoms with van der Waals surface area (Å²) in [6, 6.07) is 25.0. The maximum absolute atomic E-state index is 12.7. The molecule has 200 valence electrons. The van der Waals surface area contributed by atoms with Crippen LogP contribution in [-0.2, 0) is 19.3 Å². The monoisotopic (exact) mass is 530 g/mol. The molecule has 0 aliphatic rings. The Hall–Kier alpha value is -4.93. The van der Waals surface area contributed by atoms with Crippen molar-refractivity contribution < 1.29 is 39.1 Å². The Kier molecular flexibility index (Phi) is 8.09. The molecule has 1 unspecified atom stereocenters. The second-order valence-corrected chi connectivity index (χ2v) is 8.64. The van der Waals surface area contributed by atoms with Gasteiger partial charge in [-0.05, 0) is 66.9 Å². The van der Waals surface area contributed by atoms with Crippen LogP contribution in [0.25, 0.3) is 10.8 Å². The van der Waals surface area contributed by atoms with Crippen molar-refractivity contribution in [2.75, 3.05) is 24.3 Å². The summed E-state index contributed by atoms with van der Waals surface area (Å²) in [5.74, 6) is -1.68. The lowest BCUT2D eigenvalue weighted by molar-refractivity contribution is -0.258. The summed E-state index contributed by atoms with van der Waals surface area (Å²) in [5.41, 5.74) is -1.43. The van der Waals surface area contributed by atoms with Crippen molar-refractivity contribution in [2.24, 2.45) is 5.41 Å². The van der Waals surface area contributed by atoms with Gasteiger partial charge in [0, 0.05) is 29.9 Å². The Balaban J connectivity index is 1.55. The molecule has 0 heterocycles. The average molecular weight is 531 g/mol. The van der Waals surface area contributed by atoms with Gasteiger partial charge in [0.2, 0.25) is 5.41 Å². The first-order valence-electron chi connectivity index (χ1n) is 11.9. The standard InChI is InChI=1S/C29H26N2O8/c1-18(32)29(17-37-36,28(34)35)27(33)31-21-9-13-22(14-10-21)38-24-15-19-5-3-4-6-25(19)26(16-24)39-23-11-7-20(30-2)8-12-23/h3-16,30,36H,17H2,1-2H3,(H,31,33)(H,34,35). The summed E-state index contributed by atoms with van der Waals surface area (Å²) in [7, 11) is 1.84. The molecule has 4 aromatic rings. The number of hydrogen-bond donors (Lipinski definition) is 4. The number of benzene rings is 4. The minimum absolute atomic E-state index is 0.213. The Morgan fingerprint density at radius 2 is 1.44 bits per heavy atom. The molecule has 0 aromatic heterocycles. The third-order valence-electron chi connectivity index (χ3n) is 6.15. The van der Waals surface area contributed by atoms with Gasteiger partial charge in [-0.15, -0.1) is 0 Å². The quantitative estimate of drug-likeness (QED) is 0.111. The second-order valence-electron chi connectivity index (χ2n) is 8.64. The van der Waals surface area contributed by atoms with Crippen LogP contribution in [0.3, 0.4) is 0 Å². The number of hydrogen-bond acceptors (Lipinski definition) is 8. The number of ketones is 1. The maximum Gasteiger partial charge on any atom is 0.329 e. The summed E-state index contributed by atoms with van der Waals surface area (Å²) < 4.78 is 12.2. The highest BCUT2D eigenvalue weighted by atomic mass is 17.1. The molecule has 0 radical (unpaired) electrons. The van der Waals surface area contributed by atoms with Crippen molar-refractivity contribution in [1.29, 1.82) is 0 Å². The van der Waals surface area contributed by atoms with Crippen LogP contribution < -0.4 is 20.1 Å². The number of Topliss-reactive ketones (excluding diaryl/α,β-unsaturated/α-hetero) is 1. The van der Waals surface area contributed by atoms with E-state index in [1.54, 1.807) is 18.2 Å². The number of carbonyl (C=O) groups excluding carboxylic acids is 2. The molecule has 0 saturated heterocycles. The molecular formula is C29H26N2O8. The van der Waals surface area contributed by atoms with E-state index in [0.29, 0.717) is 23.0 Å². The van der Waals surface area contributed by atoms with Crippen LogP contribution >= 0.6 is 0 Å². The predicted molar refractivity (Wildman–Crippen MR) is 144 cm³/mol. The Morgan fingerprint density at radius 3 is 2.03 bits per heavy atom. The van der Waals surface area contributed by atoms with Crippen molar-refractivity contribution in [1.82, 2.24) is 0 Å². The zero-order chi connectivity index (χ0) is 28.0. The zero-order valence-electron chi connectivity index (χ0n) is 21.1. The van der Waals surface area contributed by atoms with Crippen molar-refractivity contribution in [3.05, 3.63) is 84.9 Å². The molecule has 4 N–H and O–H groups in total. The third-order valence-corrected chi connectivity index (χ3v) is 6.15. The number of amides is 1. The Morgan fingerprint density at radius 1 is 0.821 bits per heavy atom. The van der Waals surface area contributed by atoms with Gasteiger partial charge in [-0.2, -0.15) is 0 Å². The van der Waals surface area contributed by atoms with E-state index in [4.69, 9.17) is 14.7 Å². The first kappa shape index (κ1) is 27.1. The number of nitrogens with one attached hydrogen (secondary N) is 2. The van der Waals surface area contributed by atoms with Crippen LogP contribution in [0.15, 0.2) is 84.9 Å². The maximum atomic E-state index is 12.7. The third kappa shape index (κ3) is 5.82. The van der Waals surface area contributed by atoms with Crippen LogP contribution in [-0.4, -0.2) is 41.7 Å². The molecule has 0 fully saturated rings. The number of carboxylic acids is 1. The SMILES string of the molecule is CNc1ccc(Oc2cc(Oc3ccc(NC(=O)C(COO)(C(C)=O)C(=O)O)cc3)cc3ccccc23)cc1. The number of carbonyl (C=O) groups is 3. The van der Waals surface area contributed by atoms with Gasteiger partial charge in [-0.1, -0.05) is 24.3 Å². The number of fused-ring (bicyclic) bond motifs is 1. The molecule has 1 amide bonds.